The van der Waals surface area contributed by atoms with Gasteiger partial charge >= 0.3 is 6.18 Å². The molecule has 1 aliphatic heterocycles. The first-order valence-electron chi connectivity index (χ1n) is 7.66. The van der Waals surface area contributed by atoms with Gasteiger partial charge in [0.1, 0.15) is 0 Å². The van der Waals surface area contributed by atoms with Crippen LogP contribution < -0.4 is 4.72 Å². The first-order chi connectivity index (χ1) is 11.5. The van der Waals surface area contributed by atoms with Gasteiger partial charge in [-0.1, -0.05) is 12.1 Å². The van der Waals surface area contributed by atoms with E-state index in [0.717, 1.165) is 6.26 Å². The maximum atomic E-state index is 12.8. The molecular formula is C16H19F3N2O3S. The summed E-state index contributed by atoms with van der Waals surface area (Å²) in [6, 6.07) is 6.27. The number of carbonyl (C=O) groups excluding carboxylic acids is 1. The lowest BCUT2D eigenvalue weighted by Gasteiger charge is -2.33. The van der Waals surface area contributed by atoms with E-state index in [0.29, 0.717) is 24.2 Å². The molecule has 0 radical (unpaired) electrons. The Hall–Kier alpha value is -2.03. The summed E-state index contributed by atoms with van der Waals surface area (Å²) < 4.78 is 62.9. The van der Waals surface area contributed by atoms with Crippen molar-refractivity contribution in [2.75, 3.05) is 24.1 Å². The fourth-order valence-corrected chi connectivity index (χ4v) is 3.16. The molecule has 2 rings (SSSR count). The van der Waals surface area contributed by atoms with Crippen molar-refractivity contribution in [2.45, 2.75) is 19.0 Å². The van der Waals surface area contributed by atoms with Crippen molar-refractivity contribution < 1.29 is 26.4 Å². The molecule has 9 heteroatoms. The molecule has 25 heavy (non-hydrogen) atoms. The molecule has 138 valence electrons. The van der Waals surface area contributed by atoms with Crippen LogP contribution in [-0.4, -0.2) is 44.7 Å². The molecule has 1 aliphatic rings. The van der Waals surface area contributed by atoms with Gasteiger partial charge in [0.15, 0.2) is 0 Å². The van der Waals surface area contributed by atoms with Gasteiger partial charge in [-0.05, 0) is 36.6 Å². The van der Waals surface area contributed by atoms with Crippen LogP contribution in [0.5, 0.6) is 0 Å². The maximum Gasteiger partial charge on any atom is 0.393 e. The first kappa shape index (κ1) is 19.3. The van der Waals surface area contributed by atoms with Gasteiger partial charge in [-0.2, -0.15) is 13.2 Å². The van der Waals surface area contributed by atoms with E-state index in [4.69, 9.17) is 0 Å². The van der Waals surface area contributed by atoms with Crippen molar-refractivity contribution in [3.05, 3.63) is 35.9 Å². The van der Waals surface area contributed by atoms with Gasteiger partial charge in [0.2, 0.25) is 15.9 Å². The summed E-state index contributed by atoms with van der Waals surface area (Å²) >= 11 is 0. The van der Waals surface area contributed by atoms with Gasteiger partial charge < -0.3 is 4.90 Å². The average Bonchev–Trinajstić information content (AvgIpc) is 2.52. The Bertz CT molecular complexity index is 743. The molecular weight excluding hydrogens is 357 g/mol. The van der Waals surface area contributed by atoms with Crippen LogP contribution in [0.3, 0.4) is 0 Å². The van der Waals surface area contributed by atoms with E-state index in [2.05, 4.69) is 4.72 Å². The molecule has 0 aromatic heterocycles. The number of hydrogen-bond acceptors (Lipinski definition) is 3. The monoisotopic (exact) mass is 376 g/mol. The minimum absolute atomic E-state index is 0.0474. The number of nitrogens with zero attached hydrogens (tertiary/aromatic N) is 1. The zero-order valence-corrected chi connectivity index (χ0v) is 14.4. The van der Waals surface area contributed by atoms with Crippen molar-refractivity contribution in [1.82, 2.24) is 4.90 Å². The molecule has 1 fully saturated rings. The van der Waals surface area contributed by atoms with Crippen LogP contribution >= 0.6 is 0 Å². The fraction of sp³-hybridized carbons (Fsp3) is 0.438. The second-order valence-corrected chi connectivity index (χ2v) is 7.74. The third-order valence-electron chi connectivity index (χ3n) is 3.83. The molecule has 0 saturated carbocycles. The molecule has 1 atom stereocenters. The first-order valence-corrected chi connectivity index (χ1v) is 9.55. The number of anilines is 1. The number of sulfonamides is 1. The highest BCUT2D eigenvalue weighted by Gasteiger charge is 2.42. The summed E-state index contributed by atoms with van der Waals surface area (Å²) in [6.45, 7) is -0.00311. The summed E-state index contributed by atoms with van der Waals surface area (Å²) in [6.07, 6.45) is -0.152. The largest absolute Gasteiger partial charge is 0.393 e. The SMILES string of the molecule is CS(=O)(=O)Nc1ccc(/C=C\C(=O)N2CCC[C@@H](C(F)(F)F)C2)cc1. The Morgan fingerprint density at radius 1 is 1.28 bits per heavy atom. The zero-order valence-electron chi connectivity index (χ0n) is 13.6. The second-order valence-electron chi connectivity index (χ2n) is 5.99. The molecule has 0 aliphatic carbocycles. The quantitative estimate of drug-likeness (QED) is 0.822. The van der Waals surface area contributed by atoms with Crippen LogP contribution in [-0.2, 0) is 14.8 Å². The Morgan fingerprint density at radius 3 is 2.48 bits per heavy atom. The lowest BCUT2D eigenvalue weighted by molar-refractivity contribution is -0.187. The molecule has 5 nitrogen and oxygen atoms in total. The smallest absolute Gasteiger partial charge is 0.339 e. The number of halogens is 3. The van der Waals surface area contributed by atoms with Crippen LogP contribution in [0.2, 0.25) is 0 Å². The molecule has 1 N–H and O–H groups in total. The lowest BCUT2D eigenvalue weighted by Crippen LogP contribution is -2.44. The van der Waals surface area contributed by atoms with Crippen molar-refractivity contribution in [3.8, 4) is 0 Å². The number of likely N-dealkylation sites (tertiary alicyclic amines) is 1. The number of nitrogens with one attached hydrogen (secondary N) is 1. The van der Waals surface area contributed by atoms with E-state index >= 15 is 0 Å². The Balaban J connectivity index is 1.98. The Morgan fingerprint density at radius 2 is 1.92 bits per heavy atom. The number of amides is 1. The predicted octanol–water partition coefficient (Wildman–Crippen LogP) is 2.87. The van der Waals surface area contributed by atoms with Crippen molar-refractivity contribution >= 4 is 27.7 Å². The highest BCUT2D eigenvalue weighted by molar-refractivity contribution is 7.92. The number of rotatable bonds is 4. The number of alkyl halides is 3. The van der Waals surface area contributed by atoms with Gasteiger partial charge in [-0.15, -0.1) is 0 Å². The highest BCUT2D eigenvalue weighted by Crippen LogP contribution is 2.33. The molecule has 0 spiro atoms. The van der Waals surface area contributed by atoms with Crippen LogP contribution in [0.4, 0.5) is 18.9 Å². The number of piperidine rings is 1. The normalized spacial score (nSPS) is 19.2. The van der Waals surface area contributed by atoms with Crippen LogP contribution in [0, 0.1) is 5.92 Å². The minimum Gasteiger partial charge on any atom is -0.339 e. The third kappa shape index (κ3) is 6.08. The average molecular weight is 376 g/mol. The fourth-order valence-electron chi connectivity index (χ4n) is 2.59. The van der Waals surface area contributed by atoms with Gasteiger partial charge in [0, 0.05) is 24.9 Å². The molecule has 1 aromatic rings. The summed E-state index contributed by atoms with van der Waals surface area (Å²) in [5, 5.41) is 0. The number of benzene rings is 1. The Labute approximate surface area is 144 Å². The highest BCUT2D eigenvalue weighted by atomic mass is 32.2. The van der Waals surface area contributed by atoms with Gasteiger partial charge in [-0.3, -0.25) is 9.52 Å². The van der Waals surface area contributed by atoms with Crippen molar-refractivity contribution in [1.29, 1.82) is 0 Å². The zero-order chi connectivity index (χ0) is 18.7. The Kier molecular flexibility index (Phi) is 5.76. The van der Waals surface area contributed by atoms with Crippen molar-refractivity contribution in [2.24, 2.45) is 5.92 Å². The number of hydrogen-bond donors (Lipinski definition) is 1. The van der Waals surface area contributed by atoms with Gasteiger partial charge in [0.05, 0.1) is 12.2 Å². The molecule has 1 aromatic carbocycles. The van der Waals surface area contributed by atoms with E-state index in [1.54, 1.807) is 12.1 Å². The van der Waals surface area contributed by atoms with E-state index < -0.39 is 28.0 Å². The maximum absolute atomic E-state index is 12.8. The molecule has 1 saturated heterocycles. The van der Waals surface area contributed by atoms with Gasteiger partial charge in [0.25, 0.3) is 0 Å². The van der Waals surface area contributed by atoms with E-state index in [-0.39, 0.29) is 13.0 Å². The molecule has 0 unspecified atom stereocenters. The summed E-state index contributed by atoms with van der Waals surface area (Å²) in [5.74, 6) is -1.94. The summed E-state index contributed by atoms with van der Waals surface area (Å²) in [5.41, 5.74) is 1.02. The van der Waals surface area contributed by atoms with Crippen LogP contribution in [0.25, 0.3) is 6.08 Å². The van der Waals surface area contributed by atoms with E-state index in [9.17, 15) is 26.4 Å². The van der Waals surface area contributed by atoms with Crippen LogP contribution in [0.15, 0.2) is 30.3 Å². The van der Waals surface area contributed by atoms with Crippen molar-refractivity contribution in [3.63, 3.8) is 0 Å². The van der Waals surface area contributed by atoms with E-state index in [1.165, 1.54) is 29.2 Å². The molecule has 0 bridgehead atoms. The molecule has 1 amide bonds. The minimum atomic E-state index is -4.29. The number of carbonyl (C=O) groups is 1. The van der Waals surface area contributed by atoms with Crippen LogP contribution in [0.1, 0.15) is 18.4 Å². The standard InChI is InChI=1S/C16H19F3N2O3S/c1-25(23,24)20-14-7-4-12(5-8-14)6-9-15(22)21-10-2-3-13(11-21)16(17,18)19/h4-9,13,20H,2-3,10-11H2,1H3/b9-6-/t13-/m1/s1. The second kappa shape index (κ2) is 7.47. The van der Waals surface area contributed by atoms with Gasteiger partial charge in [-0.25, -0.2) is 8.42 Å². The third-order valence-corrected chi connectivity index (χ3v) is 4.43. The van der Waals surface area contributed by atoms with E-state index in [1.807, 2.05) is 0 Å². The molecule has 1 heterocycles. The summed E-state index contributed by atoms with van der Waals surface area (Å²) in [7, 11) is -3.37. The lowest BCUT2D eigenvalue weighted by atomic mass is 9.97. The predicted molar refractivity (Wildman–Crippen MR) is 89.3 cm³/mol. The topological polar surface area (TPSA) is 66.5 Å². The summed E-state index contributed by atoms with van der Waals surface area (Å²) in [4.78, 5) is 13.3.